The molecule has 0 aliphatic heterocycles. The molecule has 0 radical (unpaired) electrons. The Hall–Kier alpha value is -1.33. The predicted molar refractivity (Wildman–Crippen MR) is 80.6 cm³/mol. The van der Waals surface area contributed by atoms with E-state index in [9.17, 15) is 4.79 Å². The molecule has 5 nitrogen and oxygen atoms in total. The standard InChI is InChI=1S/C15H27N3O2/c1-5-7-16-13(3)14-6-8-18(9-14)10-15(19)17-12(2)11-20-4/h6,8-9,12-13,16H,5,7,10-11H2,1-4H3,(H,17,19). The zero-order valence-corrected chi connectivity index (χ0v) is 13.0. The van der Waals surface area contributed by atoms with Crippen LogP contribution < -0.4 is 10.6 Å². The van der Waals surface area contributed by atoms with Gasteiger partial charge in [-0.05, 0) is 38.4 Å². The van der Waals surface area contributed by atoms with Crippen LogP contribution in [0.1, 0.15) is 38.8 Å². The summed E-state index contributed by atoms with van der Waals surface area (Å²) in [6, 6.07) is 2.40. The van der Waals surface area contributed by atoms with Gasteiger partial charge in [0, 0.05) is 31.6 Å². The van der Waals surface area contributed by atoms with E-state index in [2.05, 4.69) is 30.5 Å². The van der Waals surface area contributed by atoms with Gasteiger partial charge in [0.2, 0.25) is 5.91 Å². The van der Waals surface area contributed by atoms with Crippen molar-refractivity contribution in [3.8, 4) is 0 Å². The molecule has 1 amide bonds. The molecule has 1 rings (SSSR count). The van der Waals surface area contributed by atoms with Gasteiger partial charge in [0.15, 0.2) is 0 Å². The van der Waals surface area contributed by atoms with Gasteiger partial charge in [-0.2, -0.15) is 0 Å². The lowest BCUT2D eigenvalue weighted by atomic mass is 10.2. The SMILES string of the molecule is CCCNC(C)c1ccn(CC(=O)NC(C)COC)c1. The molecule has 1 aromatic rings. The van der Waals surface area contributed by atoms with E-state index in [1.165, 1.54) is 5.56 Å². The highest BCUT2D eigenvalue weighted by Crippen LogP contribution is 2.12. The first-order valence-electron chi connectivity index (χ1n) is 7.24. The maximum atomic E-state index is 11.8. The van der Waals surface area contributed by atoms with Crippen molar-refractivity contribution in [2.75, 3.05) is 20.3 Å². The first-order valence-corrected chi connectivity index (χ1v) is 7.24. The number of ether oxygens (including phenoxy) is 1. The normalized spacial score (nSPS) is 14.0. The van der Waals surface area contributed by atoms with Crippen molar-refractivity contribution in [2.24, 2.45) is 0 Å². The smallest absolute Gasteiger partial charge is 0.240 e. The molecule has 2 N–H and O–H groups in total. The second-order valence-electron chi connectivity index (χ2n) is 5.22. The summed E-state index contributed by atoms with van der Waals surface area (Å²) in [5.74, 6) is 0.00544. The fourth-order valence-electron chi connectivity index (χ4n) is 2.07. The van der Waals surface area contributed by atoms with E-state index in [-0.39, 0.29) is 11.9 Å². The monoisotopic (exact) mass is 281 g/mol. The Balaban J connectivity index is 2.45. The van der Waals surface area contributed by atoms with Crippen molar-refractivity contribution in [3.63, 3.8) is 0 Å². The van der Waals surface area contributed by atoms with E-state index < -0.39 is 0 Å². The van der Waals surface area contributed by atoms with Crippen LogP contribution in [0.3, 0.4) is 0 Å². The Bertz CT molecular complexity index is 404. The number of aromatic nitrogens is 1. The summed E-state index contributed by atoms with van der Waals surface area (Å²) in [6.07, 6.45) is 5.08. The molecule has 0 spiro atoms. The predicted octanol–water partition coefficient (Wildman–Crippen LogP) is 1.70. The average Bonchev–Trinajstić information content (AvgIpc) is 2.84. The van der Waals surface area contributed by atoms with Gasteiger partial charge in [-0.15, -0.1) is 0 Å². The molecule has 114 valence electrons. The van der Waals surface area contributed by atoms with E-state index in [0.717, 1.165) is 13.0 Å². The Kier molecular flexibility index (Phi) is 7.33. The second kappa shape index (κ2) is 8.76. The van der Waals surface area contributed by atoms with Crippen LogP contribution in [0.5, 0.6) is 0 Å². The fraction of sp³-hybridized carbons (Fsp3) is 0.667. The minimum atomic E-state index is 0.00544. The number of hydrogen-bond donors (Lipinski definition) is 2. The van der Waals surface area contributed by atoms with Gasteiger partial charge < -0.3 is 19.9 Å². The Morgan fingerprint density at radius 3 is 2.85 bits per heavy atom. The molecular weight excluding hydrogens is 254 g/mol. The molecule has 5 heteroatoms. The quantitative estimate of drug-likeness (QED) is 0.724. The molecule has 2 atom stereocenters. The molecule has 0 saturated heterocycles. The van der Waals surface area contributed by atoms with Crippen LogP contribution in [0.2, 0.25) is 0 Å². The molecule has 1 aromatic heterocycles. The highest BCUT2D eigenvalue weighted by Gasteiger charge is 2.10. The van der Waals surface area contributed by atoms with Crippen LogP contribution in [0.15, 0.2) is 18.5 Å². The van der Waals surface area contributed by atoms with Gasteiger partial charge in [-0.3, -0.25) is 4.79 Å². The molecular formula is C15H27N3O2. The lowest BCUT2D eigenvalue weighted by molar-refractivity contribution is -0.122. The number of nitrogens with zero attached hydrogens (tertiary/aromatic N) is 1. The molecule has 0 fully saturated rings. The number of amides is 1. The Labute approximate surface area is 121 Å². The lowest BCUT2D eigenvalue weighted by Crippen LogP contribution is -2.37. The van der Waals surface area contributed by atoms with E-state index in [1.54, 1.807) is 7.11 Å². The number of carbonyl (C=O) groups excluding carboxylic acids is 1. The molecule has 0 bridgehead atoms. The van der Waals surface area contributed by atoms with Crippen molar-refractivity contribution in [1.82, 2.24) is 15.2 Å². The minimum absolute atomic E-state index is 0.00544. The largest absolute Gasteiger partial charge is 0.383 e. The number of carbonyl (C=O) groups is 1. The summed E-state index contributed by atoms with van der Waals surface area (Å²) in [6.45, 7) is 8.09. The maximum absolute atomic E-state index is 11.8. The summed E-state index contributed by atoms with van der Waals surface area (Å²) in [5.41, 5.74) is 1.20. The maximum Gasteiger partial charge on any atom is 0.240 e. The number of methoxy groups -OCH3 is 1. The molecule has 2 unspecified atom stereocenters. The highest BCUT2D eigenvalue weighted by atomic mass is 16.5. The van der Waals surface area contributed by atoms with Crippen molar-refractivity contribution < 1.29 is 9.53 Å². The van der Waals surface area contributed by atoms with E-state index in [1.807, 2.05) is 23.9 Å². The summed E-state index contributed by atoms with van der Waals surface area (Å²) >= 11 is 0. The minimum Gasteiger partial charge on any atom is -0.383 e. The van der Waals surface area contributed by atoms with Crippen LogP contribution in [0.4, 0.5) is 0 Å². The number of nitrogens with one attached hydrogen (secondary N) is 2. The van der Waals surface area contributed by atoms with Crippen LogP contribution >= 0.6 is 0 Å². The summed E-state index contributed by atoms with van der Waals surface area (Å²) in [5, 5.41) is 6.34. The molecule has 1 heterocycles. The van der Waals surface area contributed by atoms with E-state index in [4.69, 9.17) is 4.74 Å². The molecule has 0 aromatic carbocycles. The van der Waals surface area contributed by atoms with Crippen molar-refractivity contribution in [1.29, 1.82) is 0 Å². The average molecular weight is 281 g/mol. The molecule has 0 aliphatic rings. The van der Waals surface area contributed by atoms with Crippen molar-refractivity contribution in [2.45, 2.75) is 45.8 Å². The van der Waals surface area contributed by atoms with Crippen LogP contribution in [0, 0.1) is 0 Å². The Morgan fingerprint density at radius 1 is 1.45 bits per heavy atom. The zero-order chi connectivity index (χ0) is 15.0. The third-order valence-electron chi connectivity index (χ3n) is 3.12. The molecule has 0 saturated carbocycles. The first-order chi connectivity index (χ1) is 9.56. The summed E-state index contributed by atoms with van der Waals surface area (Å²) < 4.78 is 6.91. The second-order valence-corrected chi connectivity index (χ2v) is 5.22. The first kappa shape index (κ1) is 16.7. The van der Waals surface area contributed by atoms with Gasteiger partial charge in [-0.25, -0.2) is 0 Å². The topological polar surface area (TPSA) is 55.3 Å². The van der Waals surface area contributed by atoms with Gasteiger partial charge in [-0.1, -0.05) is 6.92 Å². The third kappa shape index (κ3) is 5.75. The number of rotatable bonds is 9. The third-order valence-corrected chi connectivity index (χ3v) is 3.12. The molecule has 20 heavy (non-hydrogen) atoms. The Morgan fingerprint density at radius 2 is 2.20 bits per heavy atom. The van der Waals surface area contributed by atoms with Crippen molar-refractivity contribution >= 4 is 5.91 Å². The van der Waals surface area contributed by atoms with Crippen LogP contribution in [0.25, 0.3) is 0 Å². The molecule has 0 aliphatic carbocycles. The van der Waals surface area contributed by atoms with Crippen LogP contribution in [-0.4, -0.2) is 36.8 Å². The fourth-order valence-corrected chi connectivity index (χ4v) is 2.07. The van der Waals surface area contributed by atoms with Crippen LogP contribution in [-0.2, 0) is 16.1 Å². The number of hydrogen-bond acceptors (Lipinski definition) is 3. The van der Waals surface area contributed by atoms with Crippen molar-refractivity contribution in [3.05, 3.63) is 24.0 Å². The van der Waals surface area contributed by atoms with Gasteiger partial charge in [0.25, 0.3) is 0 Å². The van der Waals surface area contributed by atoms with E-state index >= 15 is 0 Å². The highest BCUT2D eigenvalue weighted by molar-refractivity contribution is 5.76. The van der Waals surface area contributed by atoms with Gasteiger partial charge in [0.05, 0.1) is 6.61 Å². The summed E-state index contributed by atoms with van der Waals surface area (Å²) in [4.78, 5) is 11.8. The zero-order valence-electron chi connectivity index (χ0n) is 13.0. The van der Waals surface area contributed by atoms with Gasteiger partial charge in [0.1, 0.15) is 6.54 Å². The lowest BCUT2D eigenvalue weighted by Gasteiger charge is -2.13. The van der Waals surface area contributed by atoms with E-state index in [0.29, 0.717) is 19.2 Å². The summed E-state index contributed by atoms with van der Waals surface area (Å²) in [7, 11) is 1.63. The van der Waals surface area contributed by atoms with Gasteiger partial charge >= 0.3 is 0 Å².